The smallest absolute Gasteiger partial charge is 0.335 e. The first kappa shape index (κ1) is 50.4. The number of carbonyl (C=O) groups is 2. The highest BCUT2D eigenvalue weighted by Gasteiger charge is 2.22. The fraction of sp³-hybridized carbons (Fsp3) is 0.269. The molecule has 14 heteroatoms. The van der Waals surface area contributed by atoms with Crippen molar-refractivity contribution in [3.8, 4) is 11.5 Å². The third kappa shape index (κ3) is 14.2. The number of aryl methyl sites for hydroxylation is 6. The summed E-state index contributed by atoms with van der Waals surface area (Å²) in [5, 5.41) is 18.6. The predicted molar refractivity (Wildman–Crippen MR) is 259 cm³/mol. The maximum atomic E-state index is 13.1. The quantitative estimate of drug-likeness (QED) is 0.0478. The molecule has 0 fully saturated rings. The van der Waals surface area contributed by atoms with Gasteiger partial charge in [-0.05, 0) is 135 Å². The molecule has 0 unspecified atom stereocenters. The minimum Gasteiger partial charge on any atom is -0.497 e. The predicted octanol–water partition coefficient (Wildman–Crippen LogP) is 10.9. The molecule has 12 nitrogen and oxygen atoms in total. The largest absolute Gasteiger partial charge is 0.497 e. The Labute approximate surface area is 388 Å². The number of anilines is 2. The van der Waals surface area contributed by atoms with Crippen molar-refractivity contribution in [2.45, 2.75) is 87.8 Å². The van der Waals surface area contributed by atoms with E-state index in [1.54, 1.807) is 73.7 Å². The van der Waals surface area contributed by atoms with Gasteiger partial charge in [-0.15, -0.1) is 0 Å². The molecule has 0 atom stereocenters. The third-order valence-electron chi connectivity index (χ3n) is 11.1. The van der Waals surface area contributed by atoms with Crippen LogP contribution in [0.5, 0.6) is 11.5 Å². The molecule has 0 saturated heterocycles. The van der Waals surface area contributed by atoms with E-state index in [-0.39, 0.29) is 15.5 Å². The van der Waals surface area contributed by atoms with Gasteiger partial charge in [0.2, 0.25) is 0 Å². The SMILES string of the molecule is COc1ccc(OC)c(S(=O)(=O)Nc2ccccc2CCCCCc2ccccc2C(=O)O)c1.Cc1ccc(S(=O)(=O)Nc2ccccc2CCCCCc2ccccc2C(=O)O)c(C)c1. The van der Waals surface area contributed by atoms with Crippen LogP contribution in [0.4, 0.5) is 11.4 Å². The number of sulfonamides is 2. The van der Waals surface area contributed by atoms with E-state index in [0.717, 1.165) is 78.3 Å². The second-order valence-corrected chi connectivity index (χ2v) is 19.2. The molecule has 6 rings (SSSR count). The fourth-order valence-electron chi connectivity index (χ4n) is 7.68. The van der Waals surface area contributed by atoms with Crippen LogP contribution in [0, 0.1) is 13.8 Å². The number of carboxylic acids is 2. The van der Waals surface area contributed by atoms with E-state index in [1.807, 2.05) is 67.6 Å². The Hall–Kier alpha value is -6.64. The summed E-state index contributed by atoms with van der Waals surface area (Å²) < 4.78 is 68.0. The molecule has 4 N–H and O–H groups in total. The number of methoxy groups -OCH3 is 2. The maximum Gasteiger partial charge on any atom is 0.335 e. The molecule has 348 valence electrons. The second kappa shape index (κ2) is 24.0. The molecule has 0 radical (unpaired) electrons. The van der Waals surface area contributed by atoms with Crippen LogP contribution in [0.2, 0.25) is 0 Å². The Morgan fingerprint density at radius 2 is 0.909 bits per heavy atom. The van der Waals surface area contributed by atoms with Crippen LogP contribution in [0.3, 0.4) is 0 Å². The zero-order valence-electron chi connectivity index (χ0n) is 37.7. The molecule has 0 heterocycles. The Bertz CT molecular complexity index is 2830. The molecular weight excluding hydrogens is 877 g/mol. The summed E-state index contributed by atoms with van der Waals surface area (Å²) in [7, 11) is -4.69. The lowest BCUT2D eigenvalue weighted by molar-refractivity contribution is 0.0684. The Kier molecular flexibility index (Phi) is 18.3. The number of nitrogens with one attached hydrogen (secondary N) is 2. The van der Waals surface area contributed by atoms with Crippen LogP contribution in [0.25, 0.3) is 0 Å². The van der Waals surface area contributed by atoms with Crippen LogP contribution < -0.4 is 18.9 Å². The van der Waals surface area contributed by atoms with Crippen LogP contribution in [-0.2, 0) is 45.7 Å². The fourth-order valence-corrected chi connectivity index (χ4v) is 10.3. The molecule has 66 heavy (non-hydrogen) atoms. The molecule has 0 saturated carbocycles. The molecule has 0 aliphatic carbocycles. The monoisotopic (exact) mass is 934 g/mol. The molecule has 0 bridgehead atoms. The van der Waals surface area contributed by atoms with Gasteiger partial charge < -0.3 is 19.7 Å². The molecule has 6 aromatic rings. The van der Waals surface area contributed by atoms with Crippen molar-refractivity contribution in [3.63, 3.8) is 0 Å². The van der Waals surface area contributed by atoms with E-state index in [1.165, 1.54) is 20.3 Å². The van der Waals surface area contributed by atoms with Gasteiger partial charge in [-0.2, -0.15) is 0 Å². The van der Waals surface area contributed by atoms with E-state index < -0.39 is 32.0 Å². The highest BCUT2D eigenvalue weighted by atomic mass is 32.2. The van der Waals surface area contributed by atoms with E-state index in [2.05, 4.69) is 9.44 Å². The first-order valence-electron chi connectivity index (χ1n) is 21.8. The summed E-state index contributed by atoms with van der Waals surface area (Å²) in [6.07, 6.45) is 8.09. The van der Waals surface area contributed by atoms with Gasteiger partial charge in [0.1, 0.15) is 16.4 Å². The van der Waals surface area contributed by atoms with E-state index in [0.29, 0.717) is 47.5 Å². The van der Waals surface area contributed by atoms with Gasteiger partial charge in [0.25, 0.3) is 20.0 Å². The lowest BCUT2D eigenvalue weighted by Gasteiger charge is -2.15. The molecule has 6 aromatic carbocycles. The normalized spacial score (nSPS) is 11.2. The summed E-state index contributed by atoms with van der Waals surface area (Å²) in [6.45, 7) is 3.74. The van der Waals surface area contributed by atoms with Crippen molar-refractivity contribution in [3.05, 3.63) is 178 Å². The van der Waals surface area contributed by atoms with Crippen molar-refractivity contribution < 1.29 is 46.1 Å². The first-order chi connectivity index (χ1) is 31.6. The van der Waals surface area contributed by atoms with Gasteiger partial charge in [-0.1, -0.05) is 103 Å². The van der Waals surface area contributed by atoms with Crippen molar-refractivity contribution >= 4 is 43.4 Å². The first-order valence-corrected chi connectivity index (χ1v) is 24.7. The number of unbranched alkanes of at least 4 members (excludes halogenated alkanes) is 4. The van der Waals surface area contributed by atoms with Gasteiger partial charge in [-0.3, -0.25) is 9.44 Å². The number of hydrogen-bond donors (Lipinski definition) is 4. The van der Waals surface area contributed by atoms with Gasteiger partial charge in [0.15, 0.2) is 0 Å². The molecule has 0 spiro atoms. The zero-order chi connectivity index (χ0) is 47.7. The van der Waals surface area contributed by atoms with Gasteiger partial charge in [0, 0.05) is 6.07 Å². The zero-order valence-corrected chi connectivity index (χ0v) is 39.4. The second-order valence-electron chi connectivity index (χ2n) is 15.9. The average Bonchev–Trinajstić information content (AvgIpc) is 3.29. The van der Waals surface area contributed by atoms with Crippen molar-refractivity contribution in [2.75, 3.05) is 23.7 Å². The van der Waals surface area contributed by atoms with E-state index in [4.69, 9.17) is 9.47 Å². The van der Waals surface area contributed by atoms with Gasteiger partial charge >= 0.3 is 11.9 Å². The summed E-state index contributed by atoms with van der Waals surface area (Å²) in [4.78, 5) is 23.0. The minimum atomic E-state index is -3.91. The standard InChI is InChI=1S/C26H29NO6S.C26H29NO4S/c1-32-21-16-17-24(33-2)25(18-21)34(30,31)27-23-15-9-7-13-20(23)12-5-3-4-10-19-11-6-8-14-22(19)26(28)29;1-19-16-17-25(20(2)18-19)32(30,31)27-24-15-9-7-13-22(24)12-5-3-4-10-21-11-6-8-14-23(21)26(28)29/h6-9,11,13-18,27H,3-5,10,12H2,1-2H3,(H,28,29);6-9,11,13-18,27H,3-5,10,12H2,1-2H3,(H,28,29). The Balaban J connectivity index is 0.000000248. The lowest BCUT2D eigenvalue weighted by atomic mass is 9.99. The summed E-state index contributed by atoms with van der Waals surface area (Å²) in [5.74, 6) is -1.17. The molecule has 0 aromatic heterocycles. The number of benzene rings is 6. The van der Waals surface area contributed by atoms with Crippen molar-refractivity contribution in [2.24, 2.45) is 0 Å². The lowest BCUT2D eigenvalue weighted by Crippen LogP contribution is -2.15. The highest BCUT2D eigenvalue weighted by molar-refractivity contribution is 7.93. The average molecular weight is 935 g/mol. The van der Waals surface area contributed by atoms with Crippen molar-refractivity contribution in [1.82, 2.24) is 0 Å². The number of carboxylic acid groups (broad SMARTS) is 2. The number of hydrogen-bond acceptors (Lipinski definition) is 8. The number of rotatable bonds is 22. The van der Waals surface area contributed by atoms with Crippen LogP contribution in [0.15, 0.2) is 143 Å². The van der Waals surface area contributed by atoms with Crippen molar-refractivity contribution in [1.29, 1.82) is 0 Å². The number of ether oxygens (including phenoxy) is 2. The van der Waals surface area contributed by atoms with Crippen LogP contribution in [-0.4, -0.2) is 53.2 Å². The van der Waals surface area contributed by atoms with Gasteiger partial charge in [0.05, 0.1) is 41.6 Å². The summed E-state index contributed by atoms with van der Waals surface area (Å²) in [5.41, 5.74) is 7.08. The van der Waals surface area contributed by atoms with E-state index in [9.17, 15) is 36.6 Å². The minimum absolute atomic E-state index is 0.00116. The van der Waals surface area contributed by atoms with Gasteiger partial charge in [-0.25, -0.2) is 26.4 Å². The molecule has 0 amide bonds. The Morgan fingerprint density at radius 3 is 1.35 bits per heavy atom. The van der Waals surface area contributed by atoms with E-state index >= 15 is 0 Å². The van der Waals surface area contributed by atoms with Crippen LogP contribution >= 0.6 is 0 Å². The molecular formula is C52H58N2O10S2. The third-order valence-corrected chi connectivity index (χ3v) is 14.0. The number of para-hydroxylation sites is 2. The molecule has 0 aliphatic heterocycles. The highest BCUT2D eigenvalue weighted by Crippen LogP contribution is 2.31. The van der Waals surface area contributed by atoms with Crippen LogP contribution in [0.1, 0.15) is 92.6 Å². The topological polar surface area (TPSA) is 185 Å². The number of aromatic carboxylic acids is 2. The summed E-state index contributed by atoms with van der Waals surface area (Å²) in [6, 6.07) is 38.9. The summed E-state index contributed by atoms with van der Waals surface area (Å²) >= 11 is 0. The molecule has 0 aliphatic rings. The maximum absolute atomic E-state index is 13.1. The Morgan fingerprint density at radius 1 is 0.485 bits per heavy atom.